The van der Waals surface area contributed by atoms with E-state index in [9.17, 15) is 0 Å². The van der Waals surface area contributed by atoms with Gasteiger partial charge in [-0.3, -0.25) is 0 Å². The fourth-order valence-electron chi connectivity index (χ4n) is 1.46. The van der Waals surface area contributed by atoms with Gasteiger partial charge in [0.05, 0.1) is 4.47 Å². The summed E-state index contributed by atoms with van der Waals surface area (Å²) in [6.07, 6.45) is 3.53. The molecule has 0 fully saturated rings. The van der Waals surface area contributed by atoms with Gasteiger partial charge in [-0.15, -0.1) is 0 Å². The molecule has 0 amide bonds. The summed E-state index contributed by atoms with van der Waals surface area (Å²) in [5.41, 5.74) is -0.455. The van der Waals surface area contributed by atoms with Crippen LogP contribution in [0.15, 0.2) is 16.9 Å². The topological polar surface area (TPSA) is 35.0 Å². The van der Waals surface area contributed by atoms with E-state index in [1.165, 1.54) is 0 Å². The quantitative estimate of drug-likeness (QED) is 0.765. The number of halogens is 1. The maximum absolute atomic E-state index is 6.41. The summed E-state index contributed by atoms with van der Waals surface area (Å²) in [6.45, 7) is 15.3. The average Bonchev–Trinajstić information content (AvgIpc) is 2.14. The number of hydrogen-bond donors (Lipinski definition) is 0. The Morgan fingerprint density at radius 1 is 1.06 bits per heavy atom. The van der Waals surface area contributed by atoms with Crippen LogP contribution in [0.1, 0.15) is 40.4 Å². The van der Waals surface area contributed by atoms with Crippen LogP contribution in [-0.4, -0.2) is 18.3 Å². The molecule has 3 nitrogen and oxygen atoms in total. The lowest BCUT2D eigenvalue weighted by Crippen LogP contribution is -2.46. The third-order valence-electron chi connectivity index (χ3n) is 3.48. The van der Waals surface area contributed by atoms with Gasteiger partial charge in [-0.05, 0) is 47.9 Å². The Hall–Kier alpha value is -0.263. The molecule has 0 saturated carbocycles. The van der Waals surface area contributed by atoms with Crippen LogP contribution in [0.4, 0.5) is 0 Å². The molecular weight excluding hydrogens is 308 g/mol. The van der Waals surface area contributed by atoms with E-state index in [1.807, 2.05) is 13.8 Å². The lowest BCUT2D eigenvalue weighted by Gasteiger charge is -2.42. The number of nitrogens with zero attached hydrogens (tertiary/aromatic N) is 2. The van der Waals surface area contributed by atoms with Crippen molar-refractivity contribution in [3.05, 3.63) is 22.7 Å². The minimum absolute atomic E-state index is 0.180. The number of aromatic nitrogens is 2. The molecule has 0 aliphatic carbocycles. The molecule has 5 heteroatoms. The molecule has 0 bridgehead atoms. The maximum atomic E-state index is 6.41. The normalized spacial score (nSPS) is 13.8. The van der Waals surface area contributed by atoms with Crippen LogP contribution in [0.2, 0.25) is 18.1 Å². The van der Waals surface area contributed by atoms with Gasteiger partial charge in [0.1, 0.15) is 5.60 Å². The van der Waals surface area contributed by atoms with Crippen LogP contribution in [0.5, 0.6) is 0 Å². The highest BCUT2D eigenvalue weighted by Crippen LogP contribution is 2.40. The molecule has 0 radical (unpaired) electrons. The monoisotopic (exact) mass is 330 g/mol. The predicted octanol–water partition coefficient (Wildman–Crippen LogP) is 4.50. The van der Waals surface area contributed by atoms with E-state index < -0.39 is 13.9 Å². The van der Waals surface area contributed by atoms with Crippen molar-refractivity contribution >= 4 is 24.2 Å². The van der Waals surface area contributed by atoms with E-state index in [-0.39, 0.29) is 5.04 Å². The fourth-order valence-corrected chi connectivity index (χ4v) is 3.34. The van der Waals surface area contributed by atoms with Gasteiger partial charge in [0.15, 0.2) is 14.1 Å². The highest BCUT2D eigenvalue weighted by molar-refractivity contribution is 9.10. The minimum atomic E-state index is -1.83. The molecule has 0 N–H and O–H groups in total. The highest BCUT2D eigenvalue weighted by atomic mass is 79.9. The summed E-state index contributed by atoms with van der Waals surface area (Å²) in [6, 6.07) is 0. The Kier molecular flexibility index (Phi) is 4.40. The van der Waals surface area contributed by atoms with Crippen molar-refractivity contribution in [1.82, 2.24) is 9.97 Å². The van der Waals surface area contributed by atoms with Gasteiger partial charge in [0.25, 0.3) is 0 Å². The molecule has 0 unspecified atom stereocenters. The van der Waals surface area contributed by atoms with E-state index in [0.29, 0.717) is 0 Å². The summed E-state index contributed by atoms with van der Waals surface area (Å²) in [4.78, 5) is 8.71. The molecule has 0 aromatic carbocycles. The lowest BCUT2D eigenvalue weighted by molar-refractivity contribution is 0.0805. The van der Waals surface area contributed by atoms with Gasteiger partial charge in [-0.1, -0.05) is 20.8 Å². The highest BCUT2D eigenvalue weighted by Gasteiger charge is 2.42. The van der Waals surface area contributed by atoms with Crippen molar-refractivity contribution in [2.24, 2.45) is 0 Å². The maximum Gasteiger partial charge on any atom is 0.193 e. The Labute approximate surface area is 120 Å². The van der Waals surface area contributed by atoms with E-state index in [4.69, 9.17) is 4.43 Å². The van der Waals surface area contributed by atoms with E-state index in [2.05, 4.69) is 59.8 Å². The average molecular weight is 331 g/mol. The molecule has 102 valence electrons. The molecule has 0 saturated heterocycles. The van der Waals surface area contributed by atoms with Crippen LogP contribution in [0, 0.1) is 0 Å². The third-order valence-corrected chi connectivity index (χ3v) is 8.52. The second-order valence-electron chi connectivity index (χ2n) is 6.60. The first-order valence-electron chi connectivity index (χ1n) is 6.14. The first-order chi connectivity index (χ1) is 7.96. The van der Waals surface area contributed by atoms with Crippen molar-refractivity contribution in [3.63, 3.8) is 0 Å². The third kappa shape index (κ3) is 3.62. The van der Waals surface area contributed by atoms with Gasteiger partial charge in [-0.2, -0.15) is 0 Å². The van der Waals surface area contributed by atoms with Crippen LogP contribution >= 0.6 is 15.9 Å². The van der Waals surface area contributed by atoms with Gasteiger partial charge in [-0.25, -0.2) is 9.97 Å². The standard InChI is InChI=1S/C13H23BrN2OSi/c1-12(2,3)18(6,7)17-13(4,5)11-15-8-10(14)9-16-11/h8-9H,1-7H3. The van der Waals surface area contributed by atoms with Crippen molar-refractivity contribution in [2.75, 3.05) is 0 Å². The summed E-state index contributed by atoms with van der Waals surface area (Å²) in [5, 5.41) is 0.180. The summed E-state index contributed by atoms with van der Waals surface area (Å²) in [7, 11) is -1.83. The van der Waals surface area contributed by atoms with Crippen LogP contribution < -0.4 is 0 Å². The van der Waals surface area contributed by atoms with Crippen LogP contribution in [0.3, 0.4) is 0 Å². The second-order valence-corrected chi connectivity index (χ2v) is 12.2. The van der Waals surface area contributed by atoms with Gasteiger partial charge < -0.3 is 4.43 Å². The zero-order valence-corrected chi connectivity index (χ0v) is 14.9. The molecule has 1 heterocycles. The van der Waals surface area contributed by atoms with Crippen molar-refractivity contribution in [3.8, 4) is 0 Å². The largest absolute Gasteiger partial charge is 0.405 e. The lowest BCUT2D eigenvalue weighted by atomic mass is 10.1. The summed E-state index contributed by atoms with van der Waals surface area (Å²) >= 11 is 3.35. The summed E-state index contributed by atoms with van der Waals surface area (Å²) < 4.78 is 7.30. The molecule has 0 aliphatic rings. The number of rotatable bonds is 3. The van der Waals surface area contributed by atoms with Crippen LogP contribution in [0.25, 0.3) is 0 Å². The SMILES string of the molecule is CC(C)(O[Si](C)(C)C(C)(C)C)c1ncc(Br)cn1. The Morgan fingerprint density at radius 2 is 1.50 bits per heavy atom. The van der Waals surface area contributed by atoms with Crippen molar-refractivity contribution in [2.45, 2.75) is 58.4 Å². The van der Waals surface area contributed by atoms with Crippen LogP contribution in [-0.2, 0) is 10.0 Å². The molecule has 1 aromatic heterocycles. The fraction of sp³-hybridized carbons (Fsp3) is 0.692. The molecule has 18 heavy (non-hydrogen) atoms. The molecule has 0 spiro atoms. The van der Waals surface area contributed by atoms with Crippen molar-refractivity contribution in [1.29, 1.82) is 0 Å². The molecule has 1 rings (SSSR count). The Bertz CT molecular complexity index is 410. The first-order valence-corrected chi connectivity index (χ1v) is 9.84. The smallest absolute Gasteiger partial charge is 0.193 e. The minimum Gasteiger partial charge on any atom is -0.405 e. The Balaban J connectivity index is 2.98. The number of hydrogen-bond acceptors (Lipinski definition) is 3. The van der Waals surface area contributed by atoms with Crippen molar-refractivity contribution < 1.29 is 4.43 Å². The van der Waals surface area contributed by atoms with E-state index in [0.717, 1.165) is 10.3 Å². The zero-order valence-electron chi connectivity index (χ0n) is 12.3. The Morgan fingerprint density at radius 3 is 1.89 bits per heavy atom. The van der Waals surface area contributed by atoms with E-state index in [1.54, 1.807) is 12.4 Å². The predicted molar refractivity (Wildman–Crippen MR) is 81.0 cm³/mol. The van der Waals surface area contributed by atoms with Gasteiger partial charge in [0.2, 0.25) is 0 Å². The zero-order chi connectivity index (χ0) is 14.2. The first kappa shape index (κ1) is 15.8. The molecule has 1 aromatic rings. The molecular formula is C13H23BrN2OSi. The van der Waals surface area contributed by atoms with Gasteiger partial charge >= 0.3 is 0 Å². The molecule has 0 aliphatic heterocycles. The summed E-state index contributed by atoms with van der Waals surface area (Å²) in [5.74, 6) is 0.732. The molecule has 0 atom stereocenters. The van der Waals surface area contributed by atoms with Gasteiger partial charge in [0, 0.05) is 12.4 Å². The van der Waals surface area contributed by atoms with E-state index >= 15 is 0 Å². The second kappa shape index (κ2) is 5.02.